The largest absolute Gasteiger partial charge is 0.497 e. The molecular formula is C17H25F3N4O. The van der Waals surface area contributed by atoms with E-state index in [9.17, 15) is 13.2 Å². The van der Waals surface area contributed by atoms with Crippen LogP contribution in [0.15, 0.2) is 29.3 Å². The molecule has 1 aliphatic rings. The lowest BCUT2D eigenvalue weighted by molar-refractivity contribution is -0.132. The first-order valence-corrected chi connectivity index (χ1v) is 8.42. The van der Waals surface area contributed by atoms with Crippen LogP contribution >= 0.6 is 0 Å². The number of guanidine groups is 1. The molecular weight excluding hydrogens is 333 g/mol. The van der Waals surface area contributed by atoms with Gasteiger partial charge in [0, 0.05) is 44.5 Å². The van der Waals surface area contributed by atoms with Crippen molar-refractivity contribution in [3.8, 4) is 5.75 Å². The van der Waals surface area contributed by atoms with Crippen LogP contribution < -0.4 is 15.0 Å². The maximum atomic E-state index is 12.3. The molecule has 8 heteroatoms. The number of ether oxygens (including phenoxy) is 1. The van der Waals surface area contributed by atoms with Gasteiger partial charge in [-0.15, -0.1) is 0 Å². The average Bonchev–Trinajstić information content (AvgIpc) is 2.60. The molecule has 0 bridgehead atoms. The number of benzene rings is 1. The highest BCUT2D eigenvalue weighted by molar-refractivity contribution is 5.80. The van der Waals surface area contributed by atoms with Crippen LogP contribution in [0.5, 0.6) is 5.75 Å². The first-order valence-electron chi connectivity index (χ1n) is 8.42. The summed E-state index contributed by atoms with van der Waals surface area (Å²) in [4.78, 5) is 8.37. The van der Waals surface area contributed by atoms with E-state index >= 15 is 0 Å². The standard InChI is InChI=1S/C17H25F3N4O/c1-3-21-16(22-8-7-17(18,19)20)24-11-9-23(10-12-24)14-5-4-6-15(13-14)25-2/h4-6,13H,3,7-12H2,1-2H3,(H,21,22). The molecule has 0 aromatic heterocycles. The molecule has 0 atom stereocenters. The third kappa shape index (κ3) is 6.03. The van der Waals surface area contributed by atoms with Gasteiger partial charge in [0.25, 0.3) is 0 Å². The number of alkyl halides is 3. The molecule has 1 aromatic carbocycles. The second-order valence-corrected chi connectivity index (χ2v) is 5.78. The number of hydrogen-bond acceptors (Lipinski definition) is 3. The van der Waals surface area contributed by atoms with Gasteiger partial charge in [0.05, 0.1) is 20.1 Å². The molecule has 1 aliphatic heterocycles. The van der Waals surface area contributed by atoms with Crippen molar-refractivity contribution in [3.05, 3.63) is 24.3 Å². The Balaban J connectivity index is 1.94. The minimum Gasteiger partial charge on any atom is -0.497 e. The molecule has 0 radical (unpaired) electrons. The maximum Gasteiger partial charge on any atom is 0.390 e. The molecule has 1 fully saturated rings. The second-order valence-electron chi connectivity index (χ2n) is 5.78. The molecule has 1 saturated heterocycles. The zero-order valence-electron chi connectivity index (χ0n) is 14.6. The summed E-state index contributed by atoms with van der Waals surface area (Å²) < 4.78 is 42.2. The number of rotatable bonds is 5. The molecule has 1 aromatic rings. The van der Waals surface area contributed by atoms with E-state index in [0.717, 1.165) is 24.5 Å². The van der Waals surface area contributed by atoms with Crippen molar-refractivity contribution in [2.75, 3.05) is 51.3 Å². The van der Waals surface area contributed by atoms with Gasteiger partial charge in [-0.3, -0.25) is 4.99 Å². The maximum absolute atomic E-state index is 12.3. The summed E-state index contributed by atoms with van der Waals surface area (Å²) in [7, 11) is 1.64. The first-order chi connectivity index (χ1) is 11.9. The van der Waals surface area contributed by atoms with Crippen LogP contribution in [0, 0.1) is 0 Å². The van der Waals surface area contributed by atoms with Crippen molar-refractivity contribution in [2.45, 2.75) is 19.5 Å². The van der Waals surface area contributed by atoms with E-state index in [-0.39, 0.29) is 6.54 Å². The van der Waals surface area contributed by atoms with Crippen molar-refractivity contribution in [1.82, 2.24) is 10.2 Å². The fourth-order valence-corrected chi connectivity index (χ4v) is 2.70. The Kier molecular flexibility index (Phi) is 6.78. The van der Waals surface area contributed by atoms with Gasteiger partial charge < -0.3 is 19.9 Å². The zero-order valence-corrected chi connectivity index (χ0v) is 14.6. The number of methoxy groups -OCH3 is 1. The van der Waals surface area contributed by atoms with Gasteiger partial charge in [-0.25, -0.2) is 0 Å². The SMILES string of the molecule is CCNC(=NCCC(F)(F)F)N1CCN(c2cccc(OC)c2)CC1. The fourth-order valence-electron chi connectivity index (χ4n) is 2.70. The summed E-state index contributed by atoms with van der Waals surface area (Å²) in [5, 5.41) is 3.08. The topological polar surface area (TPSA) is 40.1 Å². The summed E-state index contributed by atoms with van der Waals surface area (Å²) in [6.45, 7) is 5.24. The van der Waals surface area contributed by atoms with Crippen LogP contribution in [0.3, 0.4) is 0 Å². The molecule has 0 unspecified atom stereocenters. The molecule has 140 valence electrons. The van der Waals surface area contributed by atoms with E-state index in [2.05, 4.69) is 15.2 Å². The molecule has 0 amide bonds. The minimum absolute atomic E-state index is 0.248. The normalized spacial score (nSPS) is 16.1. The predicted octanol–water partition coefficient (Wildman–Crippen LogP) is 2.74. The van der Waals surface area contributed by atoms with Crippen molar-refractivity contribution in [3.63, 3.8) is 0 Å². The second kappa shape index (κ2) is 8.82. The van der Waals surface area contributed by atoms with Crippen LogP contribution in [-0.2, 0) is 0 Å². The average molecular weight is 358 g/mol. The van der Waals surface area contributed by atoms with Gasteiger partial charge in [-0.2, -0.15) is 13.2 Å². The van der Waals surface area contributed by atoms with E-state index in [0.29, 0.717) is 25.6 Å². The smallest absolute Gasteiger partial charge is 0.390 e. The Labute approximate surface area is 146 Å². The Morgan fingerprint density at radius 3 is 2.56 bits per heavy atom. The lowest BCUT2D eigenvalue weighted by Crippen LogP contribution is -2.52. The van der Waals surface area contributed by atoms with Crippen molar-refractivity contribution < 1.29 is 17.9 Å². The molecule has 0 aliphatic carbocycles. The number of anilines is 1. The van der Waals surface area contributed by atoms with E-state index in [1.54, 1.807) is 7.11 Å². The summed E-state index contributed by atoms with van der Waals surface area (Å²) in [6, 6.07) is 7.86. The van der Waals surface area contributed by atoms with Crippen LogP contribution in [0.1, 0.15) is 13.3 Å². The van der Waals surface area contributed by atoms with Crippen LogP contribution in [0.4, 0.5) is 18.9 Å². The van der Waals surface area contributed by atoms with Crippen LogP contribution in [-0.4, -0.2) is 63.4 Å². The number of halogens is 3. The van der Waals surface area contributed by atoms with E-state index < -0.39 is 12.6 Å². The number of piperazine rings is 1. The molecule has 1 heterocycles. The number of hydrogen-bond donors (Lipinski definition) is 1. The minimum atomic E-state index is -4.17. The fraction of sp³-hybridized carbons (Fsp3) is 0.588. The zero-order chi connectivity index (χ0) is 18.3. The Morgan fingerprint density at radius 1 is 1.24 bits per heavy atom. The Morgan fingerprint density at radius 2 is 1.96 bits per heavy atom. The van der Waals surface area contributed by atoms with Gasteiger partial charge in [0.1, 0.15) is 5.75 Å². The molecule has 0 saturated carbocycles. The third-order valence-corrected chi connectivity index (χ3v) is 3.99. The van der Waals surface area contributed by atoms with Gasteiger partial charge in [-0.05, 0) is 19.1 Å². The van der Waals surface area contributed by atoms with E-state index in [1.165, 1.54) is 0 Å². The van der Waals surface area contributed by atoms with Gasteiger partial charge >= 0.3 is 6.18 Å². The highest BCUT2D eigenvalue weighted by Gasteiger charge is 2.26. The lowest BCUT2D eigenvalue weighted by atomic mass is 10.2. The lowest BCUT2D eigenvalue weighted by Gasteiger charge is -2.37. The number of aliphatic imine (C=N–C) groups is 1. The monoisotopic (exact) mass is 358 g/mol. The van der Waals surface area contributed by atoms with Crippen molar-refractivity contribution >= 4 is 11.6 Å². The molecule has 0 spiro atoms. The predicted molar refractivity (Wildman–Crippen MR) is 93.4 cm³/mol. The van der Waals surface area contributed by atoms with E-state index in [4.69, 9.17) is 4.74 Å². The quantitative estimate of drug-likeness (QED) is 0.649. The molecule has 1 N–H and O–H groups in total. The van der Waals surface area contributed by atoms with Crippen LogP contribution in [0.2, 0.25) is 0 Å². The Hall–Kier alpha value is -2.12. The highest BCUT2D eigenvalue weighted by Crippen LogP contribution is 2.22. The molecule has 2 rings (SSSR count). The van der Waals surface area contributed by atoms with Gasteiger partial charge in [-0.1, -0.05) is 6.07 Å². The summed E-state index contributed by atoms with van der Waals surface area (Å²) in [6.07, 6.45) is -5.07. The van der Waals surface area contributed by atoms with Gasteiger partial charge in [0.15, 0.2) is 5.96 Å². The third-order valence-electron chi connectivity index (χ3n) is 3.99. The van der Waals surface area contributed by atoms with Gasteiger partial charge in [0.2, 0.25) is 0 Å². The number of nitrogens with one attached hydrogen (secondary N) is 1. The van der Waals surface area contributed by atoms with E-state index in [1.807, 2.05) is 36.1 Å². The Bertz CT molecular complexity index is 569. The molecule has 25 heavy (non-hydrogen) atoms. The highest BCUT2D eigenvalue weighted by atomic mass is 19.4. The molecule has 5 nitrogen and oxygen atoms in total. The number of nitrogens with zero attached hydrogens (tertiary/aromatic N) is 3. The van der Waals surface area contributed by atoms with Crippen LogP contribution in [0.25, 0.3) is 0 Å². The summed E-state index contributed by atoms with van der Waals surface area (Å²) in [5.74, 6) is 1.36. The first kappa shape index (κ1) is 19.2. The summed E-state index contributed by atoms with van der Waals surface area (Å²) >= 11 is 0. The van der Waals surface area contributed by atoms with Crippen molar-refractivity contribution in [1.29, 1.82) is 0 Å². The van der Waals surface area contributed by atoms with Crippen molar-refractivity contribution in [2.24, 2.45) is 4.99 Å². The summed E-state index contributed by atoms with van der Waals surface area (Å²) in [5.41, 5.74) is 1.08.